The lowest BCUT2D eigenvalue weighted by Crippen LogP contribution is -2.13. The van der Waals surface area contributed by atoms with E-state index >= 15 is 0 Å². The molecule has 0 unspecified atom stereocenters. The Hall–Kier alpha value is -2.28. The van der Waals surface area contributed by atoms with Crippen LogP contribution >= 0.6 is 15.9 Å². The molecular formula is C14H10BrFN2O3. The number of nitro groups is 1. The second kappa shape index (κ2) is 6.01. The molecule has 0 saturated carbocycles. The van der Waals surface area contributed by atoms with E-state index in [1.165, 1.54) is 30.3 Å². The molecule has 108 valence electrons. The number of carbonyl (C=O) groups excluding carboxylic acids is 1. The van der Waals surface area contributed by atoms with E-state index in [0.717, 1.165) is 0 Å². The first-order valence-corrected chi connectivity index (χ1v) is 6.69. The first-order valence-electron chi connectivity index (χ1n) is 5.90. The number of nitro benzene ring substituents is 1. The van der Waals surface area contributed by atoms with Gasteiger partial charge in [0.2, 0.25) is 0 Å². The normalized spacial score (nSPS) is 10.2. The van der Waals surface area contributed by atoms with Crippen molar-refractivity contribution in [2.45, 2.75) is 6.92 Å². The summed E-state index contributed by atoms with van der Waals surface area (Å²) >= 11 is 3.00. The van der Waals surface area contributed by atoms with Gasteiger partial charge in [-0.05, 0) is 46.6 Å². The molecule has 0 fully saturated rings. The maximum absolute atomic E-state index is 13.1. The third kappa shape index (κ3) is 3.43. The first-order chi connectivity index (χ1) is 9.88. The van der Waals surface area contributed by atoms with Gasteiger partial charge >= 0.3 is 0 Å². The Kier molecular flexibility index (Phi) is 4.32. The smallest absolute Gasteiger partial charge is 0.271 e. The summed E-state index contributed by atoms with van der Waals surface area (Å²) in [6.07, 6.45) is 0. The molecule has 0 spiro atoms. The summed E-state index contributed by atoms with van der Waals surface area (Å²) in [5, 5.41) is 13.3. The fourth-order valence-electron chi connectivity index (χ4n) is 1.69. The number of aryl methyl sites for hydroxylation is 1. The maximum Gasteiger partial charge on any atom is 0.271 e. The SMILES string of the molecule is Cc1ccc([N+](=O)[O-])cc1NC(=O)c1ccc(F)c(Br)c1. The molecule has 0 aromatic heterocycles. The second-order valence-electron chi connectivity index (χ2n) is 4.34. The van der Waals surface area contributed by atoms with Crippen molar-refractivity contribution in [1.82, 2.24) is 0 Å². The summed E-state index contributed by atoms with van der Waals surface area (Å²) in [7, 11) is 0. The van der Waals surface area contributed by atoms with Crippen molar-refractivity contribution in [3.05, 3.63) is 67.9 Å². The van der Waals surface area contributed by atoms with E-state index in [1.54, 1.807) is 13.0 Å². The molecule has 0 atom stereocenters. The monoisotopic (exact) mass is 352 g/mol. The summed E-state index contributed by atoms with van der Waals surface area (Å²) in [5.41, 5.74) is 1.16. The fraction of sp³-hybridized carbons (Fsp3) is 0.0714. The molecule has 1 amide bonds. The molecule has 2 rings (SSSR count). The van der Waals surface area contributed by atoms with Crippen molar-refractivity contribution in [1.29, 1.82) is 0 Å². The lowest BCUT2D eigenvalue weighted by atomic mass is 10.1. The zero-order valence-electron chi connectivity index (χ0n) is 10.9. The zero-order chi connectivity index (χ0) is 15.6. The van der Waals surface area contributed by atoms with Gasteiger partial charge in [-0.15, -0.1) is 0 Å². The number of hydrogen-bond acceptors (Lipinski definition) is 3. The molecule has 0 saturated heterocycles. The van der Waals surface area contributed by atoms with Crippen molar-refractivity contribution >= 4 is 33.2 Å². The standard InChI is InChI=1S/C14H10BrFN2O3/c1-8-2-4-10(18(20)21)7-13(8)17-14(19)9-3-5-12(16)11(15)6-9/h2-7H,1H3,(H,17,19). The topological polar surface area (TPSA) is 72.2 Å². The number of nitrogens with one attached hydrogen (secondary N) is 1. The van der Waals surface area contributed by atoms with E-state index in [0.29, 0.717) is 11.3 Å². The predicted octanol–water partition coefficient (Wildman–Crippen LogP) is 4.06. The minimum Gasteiger partial charge on any atom is -0.321 e. The van der Waals surface area contributed by atoms with E-state index in [2.05, 4.69) is 21.2 Å². The van der Waals surface area contributed by atoms with Gasteiger partial charge in [0.05, 0.1) is 15.1 Å². The largest absolute Gasteiger partial charge is 0.321 e. The summed E-state index contributed by atoms with van der Waals surface area (Å²) in [5.74, 6) is -0.947. The summed E-state index contributed by atoms with van der Waals surface area (Å²) in [4.78, 5) is 22.3. The lowest BCUT2D eigenvalue weighted by molar-refractivity contribution is -0.384. The highest BCUT2D eigenvalue weighted by molar-refractivity contribution is 9.10. The lowest BCUT2D eigenvalue weighted by Gasteiger charge is -2.08. The fourth-order valence-corrected chi connectivity index (χ4v) is 2.07. The van der Waals surface area contributed by atoms with Crippen molar-refractivity contribution in [2.75, 3.05) is 5.32 Å². The molecule has 1 N–H and O–H groups in total. The average molecular weight is 353 g/mol. The van der Waals surface area contributed by atoms with Gasteiger partial charge in [-0.1, -0.05) is 6.07 Å². The molecule has 2 aromatic carbocycles. The average Bonchev–Trinajstić information content (AvgIpc) is 2.43. The summed E-state index contributed by atoms with van der Waals surface area (Å²) in [6.45, 7) is 1.72. The Morgan fingerprint density at radius 3 is 2.62 bits per heavy atom. The number of halogens is 2. The second-order valence-corrected chi connectivity index (χ2v) is 5.19. The van der Waals surface area contributed by atoms with Crippen LogP contribution in [0.15, 0.2) is 40.9 Å². The molecule has 0 radical (unpaired) electrons. The molecule has 2 aromatic rings. The Bertz CT molecular complexity index is 734. The van der Waals surface area contributed by atoms with Crippen molar-refractivity contribution in [3.63, 3.8) is 0 Å². The van der Waals surface area contributed by atoms with Crippen LogP contribution in [0.3, 0.4) is 0 Å². The van der Waals surface area contributed by atoms with Crippen molar-refractivity contribution in [3.8, 4) is 0 Å². The molecule has 21 heavy (non-hydrogen) atoms. The van der Waals surface area contributed by atoms with Crippen LogP contribution in [0.25, 0.3) is 0 Å². The Balaban J connectivity index is 2.28. The van der Waals surface area contributed by atoms with Crippen LogP contribution < -0.4 is 5.32 Å². The van der Waals surface area contributed by atoms with E-state index in [4.69, 9.17) is 0 Å². The Labute approximate surface area is 128 Å². The van der Waals surface area contributed by atoms with Gasteiger partial charge in [0.15, 0.2) is 0 Å². The molecule has 0 aliphatic rings. The van der Waals surface area contributed by atoms with Crippen LogP contribution in [-0.2, 0) is 0 Å². The number of non-ortho nitro benzene ring substituents is 1. The number of amides is 1. The molecule has 0 aliphatic heterocycles. The summed E-state index contributed by atoms with van der Waals surface area (Å²) < 4.78 is 13.3. The number of benzene rings is 2. The highest BCUT2D eigenvalue weighted by atomic mass is 79.9. The molecule has 0 aliphatic carbocycles. The molecule has 0 bridgehead atoms. The third-order valence-corrected chi connectivity index (χ3v) is 3.47. The van der Waals surface area contributed by atoms with Gasteiger partial charge in [0.25, 0.3) is 11.6 Å². The number of nitrogens with zero attached hydrogens (tertiary/aromatic N) is 1. The maximum atomic E-state index is 13.1. The molecule has 0 heterocycles. The first kappa shape index (κ1) is 15.1. The van der Waals surface area contributed by atoms with E-state index in [9.17, 15) is 19.3 Å². The minimum atomic E-state index is -0.538. The van der Waals surface area contributed by atoms with Crippen molar-refractivity contribution in [2.24, 2.45) is 0 Å². The van der Waals surface area contributed by atoms with E-state index in [1.807, 2.05) is 0 Å². The van der Waals surface area contributed by atoms with Gasteiger partial charge in [-0.3, -0.25) is 14.9 Å². The van der Waals surface area contributed by atoms with Gasteiger partial charge < -0.3 is 5.32 Å². The molecule has 5 nitrogen and oxygen atoms in total. The third-order valence-electron chi connectivity index (χ3n) is 2.86. The van der Waals surface area contributed by atoms with Crippen LogP contribution in [0.5, 0.6) is 0 Å². The number of rotatable bonds is 3. The van der Waals surface area contributed by atoms with Crippen LogP contribution in [0.2, 0.25) is 0 Å². The van der Waals surface area contributed by atoms with Gasteiger partial charge in [0, 0.05) is 17.7 Å². The quantitative estimate of drug-likeness (QED) is 0.668. The Morgan fingerprint density at radius 2 is 2.00 bits per heavy atom. The van der Waals surface area contributed by atoms with Crippen LogP contribution in [0, 0.1) is 22.9 Å². The minimum absolute atomic E-state index is 0.115. The summed E-state index contributed by atoms with van der Waals surface area (Å²) in [6, 6.07) is 8.04. The van der Waals surface area contributed by atoms with Gasteiger partial charge in [-0.25, -0.2) is 4.39 Å². The van der Waals surface area contributed by atoms with Crippen molar-refractivity contribution < 1.29 is 14.1 Å². The van der Waals surface area contributed by atoms with Crippen LogP contribution in [0.1, 0.15) is 15.9 Å². The van der Waals surface area contributed by atoms with Gasteiger partial charge in [-0.2, -0.15) is 0 Å². The van der Waals surface area contributed by atoms with E-state index in [-0.39, 0.29) is 15.7 Å². The number of carbonyl (C=O) groups is 1. The van der Waals surface area contributed by atoms with Crippen LogP contribution in [0.4, 0.5) is 15.8 Å². The highest BCUT2D eigenvalue weighted by Gasteiger charge is 2.13. The zero-order valence-corrected chi connectivity index (χ0v) is 12.5. The number of anilines is 1. The van der Waals surface area contributed by atoms with Gasteiger partial charge in [0.1, 0.15) is 5.82 Å². The van der Waals surface area contributed by atoms with Crippen LogP contribution in [-0.4, -0.2) is 10.8 Å². The number of hydrogen-bond donors (Lipinski definition) is 1. The highest BCUT2D eigenvalue weighted by Crippen LogP contribution is 2.23. The Morgan fingerprint density at radius 1 is 1.29 bits per heavy atom. The molecular weight excluding hydrogens is 343 g/mol. The predicted molar refractivity (Wildman–Crippen MR) is 79.9 cm³/mol. The molecule has 7 heteroatoms. The van der Waals surface area contributed by atoms with E-state index < -0.39 is 16.6 Å².